The summed E-state index contributed by atoms with van der Waals surface area (Å²) >= 11 is 0. The molecule has 0 radical (unpaired) electrons. The quantitative estimate of drug-likeness (QED) is 0.467. The molecule has 6 heteroatoms. The summed E-state index contributed by atoms with van der Waals surface area (Å²) in [6, 6.07) is 22.9. The number of ether oxygens (including phenoxy) is 2. The molecule has 3 rings (SSSR count). The molecular formula is C24H24N2O4. The van der Waals surface area contributed by atoms with Crippen molar-refractivity contribution in [3.8, 4) is 11.5 Å². The van der Waals surface area contributed by atoms with Gasteiger partial charge in [0.1, 0.15) is 11.5 Å². The Hall–Kier alpha value is -3.64. The molecule has 2 N–H and O–H groups in total. The van der Waals surface area contributed by atoms with E-state index in [0.29, 0.717) is 33.9 Å². The molecule has 0 atom stereocenters. The van der Waals surface area contributed by atoms with Gasteiger partial charge in [-0.1, -0.05) is 60.7 Å². The molecule has 0 bridgehead atoms. The first-order chi connectivity index (χ1) is 14.5. The van der Waals surface area contributed by atoms with Gasteiger partial charge in [0, 0.05) is 11.6 Å². The number of methoxy groups -OCH3 is 2. The van der Waals surface area contributed by atoms with E-state index in [1.165, 1.54) is 0 Å². The second-order valence-electron chi connectivity index (χ2n) is 6.65. The van der Waals surface area contributed by atoms with Crippen LogP contribution >= 0.6 is 0 Å². The van der Waals surface area contributed by atoms with E-state index in [9.17, 15) is 9.90 Å². The summed E-state index contributed by atoms with van der Waals surface area (Å²) in [5.74, 6) is 0.549. The standard InChI is InChI=1S/C24H24N2O4/c1-17(21-15-14-20(29-2)16-22(21)30-3)25-26-23(27)24(28,18-10-6-4-7-11-18)19-12-8-5-9-13-19/h4-16,28H,1-3H3,(H,26,27). The van der Waals surface area contributed by atoms with Gasteiger partial charge in [-0.2, -0.15) is 5.10 Å². The number of amides is 1. The molecule has 154 valence electrons. The average molecular weight is 404 g/mol. The summed E-state index contributed by atoms with van der Waals surface area (Å²) < 4.78 is 10.6. The van der Waals surface area contributed by atoms with Crippen LogP contribution in [0.3, 0.4) is 0 Å². The van der Waals surface area contributed by atoms with Gasteiger partial charge in [0.05, 0.1) is 19.9 Å². The van der Waals surface area contributed by atoms with Crippen LogP contribution in [0.2, 0.25) is 0 Å². The van der Waals surface area contributed by atoms with Crippen LogP contribution in [-0.2, 0) is 10.4 Å². The zero-order valence-corrected chi connectivity index (χ0v) is 17.1. The molecule has 3 aromatic carbocycles. The minimum atomic E-state index is -1.89. The lowest BCUT2D eigenvalue weighted by atomic mass is 9.85. The fourth-order valence-corrected chi connectivity index (χ4v) is 3.16. The SMILES string of the molecule is COc1ccc(C(C)=NNC(=O)C(O)(c2ccccc2)c2ccccc2)c(OC)c1. The molecule has 0 aliphatic rings. The van der Waals surface area contributed by atoms with Crippen molar-refractivity contribution in [3.63, 3.8) is 0 Å². The van der Waals surface area contributed by atoms with Crippen LogP contribution in [0.25, 0.3) is 0 Å². The van der Waals surface area contributed by atoms with E-state index in [1.54, 1.807) is 87.9 Å². The van der Waals surface area contributed by atoms with Gasteiger partial charge in [-0.25, -0.2) is 5.43 Å². The largest absolute Gasteiger partial charge is 0.497 e. The number of nitrogens with one attached hydrogen (secondary N) is 1. The molecule has 0 spiro atoms. The molecule has 0 saturated heterocycles. The highest BCUT2D eigenvalue weighted by Gasteiger charge is 2.40. The van der Waals surface area contributed by atoms with E-state index >= 15 is 0 Å². The second kappa shape index (κ2) is 9.24. The third-order valence-electron chi connectivity index (χ3n) is 4.84. The third-order valence-corrected chi connectivity index (χ3v) is 4.84. The van der Waals surface area contributed by atoms with Gasteiger partial charge >= 0.3 is 0 Å². The molecule has 0 unspecified atom stereocenters. The summed E-state index contributed by atoms with van der Waals surface area (Å²) in [7, 11) is 3.12. The third kappa shape index (κ3) is 4.18. The van der Waals surface area contributed by atoms with Crippen molar-refractivity contribution >= 4 is 11.6 Å². The minimum Gasteiger partial charge on any atom is -0.497 e. The summed E-state index contributed by atoms with van der Waals surface area (Å²) in [6.07, 6.45) is 0. The number of carbonyl (C=O) groups excluding carboxylic acids is 1. The smallest absolute Gasteiger partial charge is 0.281 e. The highest BCUT2D eigenvalue weighted by molar-refractivity contribution is 6.02. The van der Waals surface area contributed by atoms with Crippen molar-refractivity contribution in [3.05, 3.63) is 95.6 Å². The molecular weight excluding hydrogens is 380 g/mol. The van der Waals surface area contributed by atoms with Gasteiger partial charge in [0.15, 0.2) is 5.60 Å². The number of nitrogens with zero attached hydrogens (tertiary/aromatic N) is 1. The molecule has 0 fully saturated rings. The summed E-state index contributed by atoms with van der Waals surface area (Å²) in [6.45, 7) is 1.74. The van der Waals surface area contributed by atoms with Crippen LogP contribution in [0.4, 0.5) is 0 Å². The Morgan fingerprint density at radius 2 is 1.47 bits per heavy atom. The first kappa shape index (κ1) is 21.1. The van der Waals surface area contributed by atoms with Crippen molar-refractivity contribution in [2.45, 2.75) is 12.5 Å². The Labute approximate surface area is 175 Å². The molecule has 0 aromatic heterocycles. The average Bonchev–Trinajstić information content (AvgIpc) is 2.82. The number of hydrazone groups is 1. The highest BCUT2D eigenvalue weighted by atomic mass is 16.5. The van der Waals surface area contributed by atoms with Gasteiger partial charge in [0.25, 0.3) is 5.91 Å². The maximum atomic E-state index is 13.1. The number of hydrogen-bond donors (Lipinski definition) is 2. The molecule has 0 saturated carbocycles. The second-order valence-corrected chi connectivity index (χ2v) is 6.65. The van der Waals surface area contributed by atoms with Crippen LogP contribution < -0.4 is 14.9 Å². The first-order valence-electron chi connectivity index (χ1n) is 9.41. The maximum Gasteiger partial charge on any atom is 0.281 e. The van der Waals surface area contributed by atoms with Crippen LogP contribution in [-0.4, -0.2) is 30.9 Å². The lowest BCUT2D eigenvalue weighted by Crippen LogP contribution is -2.43. The Morgan fingerprint density at radius 1 is 0.900 bits per heavy atom. The van der Waals surface area contributed by atoms with E-state index < -0.39 is 11.5 Å². The van der Waals surface area contributed by atoms with Crippen molar-refractivity contribution in [2.24, 2.45) is 5.10 Å². The summed E-state index contributed by atoms with van der Waals surface area (Å²) in [5, 5.41) is 15.7. The molecule has 6 nitrogen and oxygen atoms in total. The summed E-state index contributed by atoms with van der Waals surface area (Å²) in [5.41, 5.74) is 2.73. The molecule has 3 aromatic rings. The van der Waals surface area contributed by atoms with E-state index in [1.807, 2.05) is 12.1 Å². The number of hydrogen-bond acceptors (Lipinski definition) is 5. The zero-order chi connectivity index (χ0) is 21.6. The number of benzene rings is 3. The molecule has 0 aliphatic heterocycles. The van der Waals surface area contributed by atoms with E-state index in [-0.39, 0.29) is 0 Å². The topological polar surface area (TPSA) is 80.2 Å². The van der Waals surface area contributed by atoms with Gasteiger partial charge in [-0.05, 0) is 30.2 Å². The van der Waals surface area contributed by atoms with Crippen molar-refractivity contribution in [1.29, 1.82) is 0 Å². The van der Waals surface area contributed by atoms with Gasteiger partial charge in [0.2, 0.25) is 0 Å². The van der Waals surface area contributed by atoms with Gasteiger partial charge < -0.3 is 14.6 Å². The van der Waals surface area contributed by atoms with E-state index in [2.05, 4.69) is 10.5 Å². The highest BCUT2D eigenvalue weighted by Crippen LogP contribution is 2.30. The minimum absolute atomic E-state index is 0.448. The molecule has 0 aliphatic carbocycles. The Bertz CT molecular complexity index is 994. The van der Waals surface area contributed by atoms with Gasteiger partial charge in [-0.3, -0.25) is 4.79 Å². The lowest BCUT2D eigenvalue weighted by Gasteiger charge is -2.27. The predicted molar refractivity (Wildman–Crippen MR) is 116 cm³/mol. The summed E-state index contributed by atoms with van der Waals surface area (Å²) in [4.78, 5) is 13.1. The number of carbonyl (C=O) groups is 1. The van der Waals surface area contributed by atoms with Crippen molar-refractivity contribution in [2.75, 3.05) is 14.2 Å². The first-order valence-corrected chi connectivity index (χ1v) is 9.41. The number of aliphatic hydroxyl groups is 1. The zero-order valence-electron chi connectivity index (χ0n) is 17.1. The molecule has 0 heterocycles. The fraction of sp³-hybridized carbons (Fsp3) is 0.167. The van der Waals surface area contributed by atoms with Crippen molar-refractivity contribution < 1.29 is 19.4 Å². The van der Waals surface area contributed by atoms with Gasteiger partial charge in [-0.15, -0.1) is 0 Å². The van der Waals surface area contributed by atoms with Crippen LogP contribution in [0.5, 0.6) is 11.5 Å². The van der Waals surface area contributed by atoms with Crippen LogP contribution in [0.15, 0.2) is 84.0 Å². The molecule has 1 amide bonds. The maximum absolute atomic E-state index is 13.1. The Kier molecular flexibility index (Phi) is 6.49. The molecule has 30 heavy (non-hydrogen) atoms. The van der Waals surface area contributed by atoms with Crippen LogP contribution in [0.1, 0.15) is 23.6 Å². The van der Waals surface area contributed by atoms with Crippen LogP contribution in [0, 0.1) is 0 Å². The Balaban J connectivity index is 1.94. The monoisotopic (exact) mass is 404 g/mol. The van der Waals surface area contributed by atoms with E-state index in [0.717, 1.165) is 0 Å². The fourth-order valence-electron chi connectivity index (χ4n) is 3.16. The van der Waals surface area contributed by atoms with Crippen molar-refractivity contribution in [1.82, 2.24) is 5.43 Å². The lowest BCUT2D eigenvalue weighted by molar-refractivity contribution is -0.136. The predicted octanol–water partition coefficient (Wildman–Crippen LogP) is 3.48. The normalized spacial score (nSPS) is 11.7. The number of rotatable bonds is 7. The van der Waals surface area contributed by atoms with E-state index in [4.69, 9.17) is 9.47 Å². The Morgan fingerprint density at radius 3 is 1.97 bits per heavy atom.